The Morgan fingerprint density at radius 2 is 1.88 bits per heavy atom. The first-order chi connectivity index (χ1) is 12.0. The van der Waals surface area contributed by atoms with E-state index < -0.39 is 6.10 Å². The zero-order valence-electron chi connectivity index (χ0n) is 14.3. The van der Waals surface area contributed by atoms with Crippen molar-refractivity contribution in [2.75, 3.05) is 5.32 Å². The van der Waals surface area contributed by atoms with E-state index in [2.05, 4.69) is 15.5 Å². The number of hydrogen-bond acceptors (Lipinski definition) is 5. The van der Waals surface area contributed by atoms with Crippen LogP contribution in [0.15, 0.2) is 53.1 Å². The van der Waals surface area contributed by atoms with Gasteiger partial charge >= 0.3 is 0 Å². The summed E-state index contributed by atoms with van der Waals surface area (Å²) in [5.41, 5.74) is 2.90. The van der Waals surface area contributed by atoms with E-state index in [9.17, 15) is 4.79 Å². The van der Waals surface area contributed by atoms with E-state index >= 15 is 0 Å². The SMILES string of the molecule is Cc1cccc(O[C@H](C)C(=O)Nc2noc(-c3ccccc3)n2)c1C. The lowest BCUT2D eigenvalue weighted by molar-refractivity contribution is -0.122. The summed E-state index contributed by atoms with van der Waals surface area (Å²) in [5.74, 6) is 0.793. The van der Waals surface area contributed by atoms with Gasteiger partial charge in [-0.1, -0.05) is 30.3 Å². The number of carbonyl (C=O) groups is 1. The van der Waals surface area contributed by atoms with Gasteiger partial charge in [-0.05, 0) is 55.3 Å². The molecule has 0 saturated carbocycles. The minimum absolute atomic E-state index is 0.111. The molecule has 0 unspecified atom stereocenters. The van der Waals surface area contributed by atoms with Gasteiger partial charge in [0.05, 0.1) is 0 Å². The second-order valence-corrected chi connectivity index (χ2v) is 5.74. The molecule has 0 aliphatic heterocycles. The van der Waals surface area contributed by atoms with Gasteiger partial charge in [0.15, 0.2) is 6.10 Å². The third-order valence-corrected chi connectivity index (χ3v) is 3.91. The molecular weight excluding hydrogens is 318 g/mol. The molecule has 6 heteroatoms. The fraction of sp³-hybridized carbons (Fsp3) is 0.211. The summed E-state index contributed by atoms with van der Waals surface area (Å²) in [6, 6.07) is 15.1. The molecule has 2 aromatic carbocycles. The summed E-state index contributed by atoms with van der Waals surface area (Å²) >= 11 is 0. The third kappa shape index (κ3) is 3.85. The van der Waals surface area contributed by atoms with Gasteiger partial charge in [-0.2, -0.15) is 4.98 Å². The number of nitrogens with zero attached hydrogens (tertiary/aromatic N) is 2. The van der Waals surface area contributed by atoms with E-state index in [1.165, 1.54) is 0 Å². The number of nitrogens with one attached hydrogen (secondary N) is 1. The molecule has 3 rings (SSSR count). The Morgan fingerprint density at radius 1 is 1.12 bits per heavy atom. The van der Waals surface area contributed by atoms with Crippen molar-refractivity contribution in [2.24, 2.45) is 0 Å². The average Bonchev–Trinajstić information content (AvgIpc) is 3.08. The van der Waals surface area contributed by atoms with Crippen LogP contribution in [0, 0.1) is 13.8 Å². The fourth-order valence-electron chi connectivity index (χ4n) is 2.28. The molecule has 0 aliphatic carbocycles. The maximum atomic E-state index is 12.3. The quantitative estimate of drug-likeness (QED) is 0.767. The van der Waals surface area contributed by atoms with Crippen LogP contribution in [-0.4, -0.2) is 22.2 Å². The second-order valence-electron chi connectivity index (χ2n) is 5.74. The highest BCUT2D eigenvalue weighted by Crippen LogP contribution is 2.22. The zero-order valence-corrected chi connectivity index (χ0v) is 14.3. The van der Waals surface area contributed by atoms with Gasteiger partial charge < -0.3 is 9.26 Å². The standard InChI is InChI=1S/C19H19N3O3/c1-12-8-7-11-16(13(12)2)24-14(3)17(23)20-19-21-18(25-22-19)15-9-5-4-6-10-15/h4-11,14H,1-3H3,(H,20,22,23)/t14-/m1/s1. The molecule has 6 nitrogen and oxygen atoms in total. The summed E-state index contributed by atoms with van der Waals surface area (Å²) in [6.45, 7) is 5.63. The van der Waals surface area contributed by atoms with Gasteiger partial charge in [0, 0.05) is 5.56 Å². The summed E-state index contributed by atoms with van der Waals surface area (Å²) < 4.78 is 10.9. The first-order valence-corrected chi connectivity index (χ1v) is 7.97. The fourth-order valence-corrected chi connectivity index (χ4v) is 2.28. The predicted molar refractivity (Wildman–Crippen MR) is 94.4 cm³/mol. The Bertz CT molecular complexity index is 875. The highest BCUT2D eigenvalue weighted by atomic mass is 16.5. The zero-order chi connectivity index (χ0) is 17.8. The number of aryl methyl sites for hydroxylation is 1. The molecule has 1 aromatic heterocycles. The molecular formula is C19H19N3O3. The number of ether oxygens (including phenoxy) is 1. The molecule has 0 fully saturated rings. The molecule has 3 aromatic rings. The van der Waals surface area contributed by atoms with Gasteiger partial charge in [0.2, 0.25) is 0 Å². The van der Waals surface area contributed by atoms with Gasteiger partial charge in [0.25, 0.3) is 17.7 Å². The highest BCUT2D eigenvalue weighted by molar-refractivity contribution is 5.92. The van der Waals surface area contributed by atoms with Crippen molar-refractivity contribution in [1.29, 1.82) is 0 Å². The summed E-state index contributed by atoms with van der Waals surface area (Å²) in [7, 11) is 0. The first kappa shape index (κ1) is 16.7. The van der Waals surface area contributed by atoms with E-state index in [0.717, 1.165) is 16.7 Å². The average molecular weight is 337 g/mol. The smallest absolute Gasteiger partial charge is 0.270 e. The molecule has 25 heavy (non-hydrogen) atoms. The van der Waals surface area contributed by atoms with Crippen molar-refractivity contribution in [3.8, 4) is 17.2 Å². The number of anilines is 1. The van der Waals surface area contributed by atoms with Crippen molar-refractivity contribution in [3.63, 3.8) is 0 Å². The van der Waals surface area contributed by atoms with Crippen LogP contribution in [0.1, 0.15) is 18.1 Å². The Morgan fingerprint density at radius 3 is 2.64 bits per heavy atom. The van der Waals surface area contributed by atoms with Crippen LogP contribution in [0.25, 0.3) is 11.5 Å². The number of amides is 1. The van der Waals surface area contributed by atoms with E-state index in [4.69, 9.17) is 9.26 Å². The molecule has 1 atom stereocenters. The van der Waals surface area contributed by atoms with Crippen molar-refractivity contribution in [3.05, 3.63) is 59.7 Å². The molecule has 1 heterocycles. The highest BCUT2D eigenvalue weighted by Gasteiger charge is 2.19. The summed E-state index contributed by atoms with van der Waals surface area (Å²) in [5, 5.41) is 6.39. The van der Waals surface area contributed by atoms with E-state index in [-0.39, 0.29) is 11.9 Å². The Balaban J connectivity index is 1.66. The molecule has 0 aliphatic rings. The Labute approximate surface area is 145 Å². The van der Waals surface area contributed by atoms with Crippen LogP contribution in [0.3, 0.4) is 0 Å². The minimum atomic E-state index is -0.695. The minimum Gasteiger partial charge on any atom is -0.481 e. The number of benzene rings is 2. The van der Waals surface area contributed by atoms with Gasteiger partial charge in [-0.25, -0.2) is 0 Å². The molecule has 0 spiro atoms. The maximum absolute atomic E-state index is 12.3. The van der Waals surface area contributed by atoms with Gasteiger partial charge in [-0.3, -0.25) is 10.1 Å². The molecule has 1 amide bonds. The van der Waals surface area contributed by atoms with Crippen molar-refractivity contribution in [1.82, 2.24) is 10.1 Å². The lowest BCUT2D eigenvalue weighted by atomic mass is 10.1. The lowest BCUT2D eigenvalue weighted by Crippen LogP contribution is -2.30. The number of hydrogen-bond donors (Lipinski definition) is 1. The molecule has 0 bridgehead atoms. The summed E-state index contributed by atoms with van der Waals surface area (Å²) in [4.78, 5) is 16.5. The van der Waals surface area contributed by atoms with Crippen LogP contribution in [-0.2, 0) is 4.79 Å². The molecule has 1 N–H and O–H groups in total. The van der Waals surface area contributed by atoms with Crippen LogP contribution in [0.2, 0.25) is 0 Å². The maximum Gasteiger partial charge on any atom is 0.270 e. The first-order valence-electron chi connectivity index (χ1n) is 7.97. The lowest BCUT2D eigenvalue weighted by Gasteiger charge is -2.16. The Kier molecular flexibility index (Phi) is 4.79. The molecule has 128 valence electrons. The second kappa shape index (κ2) is 7.17. The summed E-state index contributed by atoms with van der Waals surface area (Å²) in [6.07, 6.45) is -0.695. The molecule has 0 saturated heterocycles. The Hall–Kier alpha value is -3.15. The van der Waals surface area contributed by atoms with Crippen LogP contribution in [0.5, 0.6) is 5.75 Å². The van der Waals surface area contributed by atoms with Crippen molar-refractivity contribution >= 4 is 11.9 Å². The van der Waals surface area contributed by atoms with Crippen LogP contribution < -0.4 is 10.1 Å². The third-order valence-electron chi connectivity index (χ3n) is 3.91. The monoisotopic (exact) mass is 337 g/mol. The normalized spacial score (nSPS) is 11.8. The van der Waals surface area contributed by atoms with Gasteiger partial charge in [-0.15, -0.1) is 0 Å². The van der Waals surface area contributed by atoms with E-state index in [0.29, 0.717) is 11.6 Å². The number of rotatable bonds is 5. The van der Waals surface area contributed by atoms with E-state index in [1.54, 1.807) is 6.92 Å². The number of carbonyl (C=O) groups excluding carboxylic acids is 1. The van der Waals surface area contributed by atoms with Crippen LogP contribution in [0.4, 0.5) is 5.95 Å². The predicted octanol–water partition coefficient (Wildman–Crippen LogP) is 3.76. The van der Waals surface area contributed by atoms with Crippen molar-refractivity contribution < 1.29 is 14.1 Å². The largest absolute Gasteiger partial charge is 0.481 e. The van der Waals surface area contributed by atoms with Gasteiger partial charge in [0.1, 0.15) is 5.75 Å². The molecule has 0 radical (unpaired) electrons. The van der Waals surface area contributed by atoms with Crippen LogP contribution >= 0.6 is 0 Å². The van der Waals surface area contributed by atoms with Crippen molar-refractivity contribution in [2.45, 2.75) is 26.9 Å². The number of aromatic nitrogens is 2. The van der Waals surface area contributed by atoms with E-state index in [1.807, 2.05) is 62.4 Å². The topological polar surface area (TPSA) is 77.2 Å².